The fraction of sp³-hybridized carbons (Fsp3) is 0.586. The van der Waals surface area contributed by atoms with Crippen LogP contribution in [0, 0.1) is 5.41 Å². The zero-order valence-corrected chi connectivity index (χ0v) is 20.9. The summed E-state index contributed by atoms with van der Waals surface area (Å²) in [6.07, 6.45) is 5.80. The first-order chi connectivity index (χ1) is 16.9. The monoisotopic (exact) mass is 500 g/mol. The lowest BCUT2D eigenvalue weighted by molar-refractivity contribution is -0.231. The second kappa shape index (κ2) is 10.5. The number of hydrogen-bond donors (Lipinski definition) is 4. The van der Waals surface area contributed by atoms with E-state index in [1.807, 2.05) is 6.07 Å². The molecule has 3 fully saturated rings. The molecule has 2 aliphatic carbocycles. The first kappa shape index (κ1) is 25.2. The minimum atomic E-state index is -1.40. The van der Waals surface area contributed by atoms with Crippen LogP contribution in [0.2, 0.25) is 5.02 Å². The van der Waals surface area contributed by atoms with Crippen LogP contribution >= 0.6 is 11.6 Å². The summed E-state index contributed by atoms with van der Waals surface area (Å²) in [6.45, 7) is -0.448. The molecule has 0 aromatic heterocycles. The molecule has 1 heterocycles. The van der Waals surface area contributed by atoms with Crippen LogP contribution in [-0.2, 0) is 11.2 Å². The lowest BCUT2D eigenvalue weighted by Crippen LogP contribution is -2.55. The Balaban J connectivity index is 1.27. The molecular formula is C29H37ClO5. The molecule has 5 nitrogen and oxygen atoms in total. The van der Waals surface area contributed by atoms with Gasteiger partial charge < -0.3 is 25.2 Å². The number of hydrogen-bond acceptors (Lipinski definition) is 5. The van der Waals surface area contributed by atoms with Crippen LogP contribution in [0.25, 0.3) is 0 Å². The highest BCUT2D eigenvalue weighted by Crippen LogP contribution is 2.52. The average molecular weight is 501 g/mol. The van der Waals surface area contributed by atoms with Crippen molar-refractivity contribution >= 4 is 11.6 Å². The van der Waals surface area contributed by atoms with E-state index >= 15 is 0 Å². The van der Waals surface area contributed by atoms with Gasteiger partial charge in [-0.05, 0) is 84.6 Å². The molecular weight excluding hydrogens is 464 g/mol. The SMILES string of the molecule is OCC1OC(c2ccc(Cl)c(Cc3ccc(C4CCC5(CCCC5)CC4)cc3)c2)C(O)C(O)C1O. The molecule has 1 aliphatic heterocycles. The molecule has 190 valence electrons. The number of halogens is 1. The summed E-state index contributed by atoms with van der Waals surface area (Å²) >= 11 is 6.51. The van der Waals surface area contributed by atoms with E-state index in [-0.39, 0.29) is 0 Å². The molecule has 0 bridgehead atoms. The van der Waals surface area contributed by atoms with E-state index in [0.29, 0.717) is 28.3 Å². The number of benzene rings is 2. The largest absolute Gasteiger partial charge is 0.394 e. The fourth-order valence-electron chi connectivity index (χ4n) is 6.60. The summed E-state index contributed by atoms with van der Waals surface area (Å²) in [5.41, 5.74) is 4.79. The Kier molecular flexibility index (Phi) is 7.55. The van der Waals surface area contributed by atoms with Gasteiger partial charge in [-0.15, -0.1) is 0 Å². The number of aliphatic hydroxyl groups is 4. The standard InChI is InChI=1S/C29H37ClO5/c30-23-8-7-21(28-27(34)26(33)25(32)24(17-31)35-28)16-22(23)15-18-3-5-19(6-4-18)20-9-13-29(14-10-20)11-1-2-12-29/h3-8,16,20,24-28,31-34H,1-2,9-15,17H2. The van der Waals surface area contributed by atoms with Crippen molar-refractivity contribution in [3.8, 4) is 0 Å². The molecule has 4 N–H and O–H groups in total. The molecule has 2 aromatic carbocycles. The molecule has 5 rings (SSSR count). The Bertz CT molecular complexity index is 991. The van der Waals surface area contributed by atoms with Crippen molar-refractivity contribution in [1.29, 1.82) is 0 Å². The van der Waals surface area contributed by atoms with Crippen LogP contribution in [0.1, 0.15) is 85.6 Å². The Hall–Kier alpha value is -1.47. The second-order valence-electron chi connectivity index (χ2n) is 11.0. The Morgan fingerprint density at radius 3 is 2.14 bits per heavy atom. The number of rotatable bonds is 5. The van der Waals surface area contributed by atoms with E-state index < -0.39 is 37.1 Å². The lowest BCUT2D eigenvalue weighted by Gasteiger charge is -2.40. The van der Waals surface area contributed by atoms with Gasteiger partial charge in [0.15, 0.2) is 0 Å². The molecule has 0 radical (unpaired) electrons. The van der Waals surface area contributed by atoms with E-state index in [1.54, 1.807) is 12.1 Å². The summed E-state index contributed by atoms with van der Waals surface area (Å²) in [5, 5.41) is 40.8. The van der Waals surface area contributed by atoms with Gasteiger partial charge in [0.1, 0.15) is 30.5 Å². The van der Waals surface area contributed by atoms with Gasteiger partial charge in [0.25, 0.3) is 0 Å². The first-order valence-electron chi connectivity index (χ1n) is 13.1. The van der Waals surface area contributed by atoms with Gasteiger partial charge in [-0.1, -0.05) is 60.8 Å². The highest BCUT2D eigenvalue weighted by molar-refractivity contribution is 6.31. The van der Waals surface area contributed by atoms with E-state index in [0.717, 1.165) is 11.1 Å². The van der Waals surface area contributed by atoms with Gasteiger partial charge in [-0.3, -0.25) is 0 Å². The van der Waals surface area contributed by atoms with E-state index in [2.05, 4.69) is 24.3 Å². The topological polar surface area (TPSA) is 90.2 Å². The van der Waals surface area contributed by atoms with Crippen molar-refractivity contribution < 1.29 is 25.2 Å². The fourth-order valence-corrected chi connectivity index (χ4v) is 6.78. The minimum Gasteiger partial charge on any atom is -0.394 e. The van der Waals surface area contributed by atoms with E-state index in [1.165, 1.54) is 56.9 Å². The van der Waals surface area contributed by atoms with E-state index in [9.17, 15) is 20.4 Å². The van der Waals surface area contributed by atoms with Gasteiger partial charge in [0.05, 0.1) is 6.61 Å². The van der Waals surface area contributed by atoms with Crippen molar-refractivity contribution in [2.75, 3.05) is 6.61 Å². The highest BCUT2D eigenvalue weighted by atomic mass is 35.5. The maximum Gasteiger partial charge on any atom is 0.113 e. The third kappa shape index (κ3) is 5.18. The maximum absolute atomic E-state index is 10.5. The van der Waals surface area contributed by atoms with Crippen molar-refractivity contribution in [1.82, 2.24) is 0 Å². The van der Waals surface area contributed by atoms with Gasteiger partial charge in [-0.2, -0.15) is 0 Å². The van der Waals surface area contributed by atoms with Crippen LogP contribution in [-0.4, -0.2) is 51.4 Å². The van der Waals surface area contributed by atoms with Crippen LogP contribution in [0.15, 0.2) is 42.5 Å². The third-order valence-electron chi connectivity index (χ3n) is 8.85. The van der Waals surface area contributed by atoms with Crippen LogP contribution in [0.4, 0.5) is 0 Å². The Morgan fingerprint density at radius 2 is 1.49 bits per heavy atom. The number of ether oxygens (including phenoxy) is 1. The van der Waals surface area contributed by atoms with Gasteiger partial charge in [0.2, 0.25) is 0 Å². The van der Waals surface area contributed by atoms with Gasteiger partial charge in [0, 0.05) is 5.02 Å². The molecule has 0 amide bonds. The zero-order valence-electron chi connectivity index (χ0n) is 20.2. The summed E-state index contributed by atoms with van der Waals surface area (Å²) < 4.78 is 5.73. The van der Waals surface area contributed by atoms with Crippen molar-refractivity contribution in [2.45, 2.75) is 94.2 Å². The average Bonchev–Trinajstić information content (AvgIpc) is 3.33. The summed E-state index contributed by atoms with van der Waals surface area (Å²) in [6, 6.07) is 14.3. The number of aliphatic hydroxyl groups excluding tert-OH is 4. The molecule has 3 aliphatic rings. The predicted octanol–water partition coefficient (Wildman–Crippen LogP) is 4.66. The molecule has 35 heavy (non-hydrogen) atoms. The van der Waals surface area contributed by atoms with Crippen molar-refractivity contribution in [3.05, 3.63) is 69.7 Å². The molecule has 5 unspecified atom stereocenters. The van der Waals surface area contributed by atoms with Crippen molar-refractivity contribution in [3.63, 3.8) is 0 Å². The third-order valence-corrected chi connectivity index (χ3v) is 9.22. The molecule has 1 saturated heterocycles. The van der Waals surface area contributed by atoms with E-state index in [4.69, 9.17) is 16.3 Å². The van der Waals surface area contributed by atoms with Crippen LogP contribution < -0.4 is 0 Å². The summed E-state index contributed by atoms with van der Waals surface area (Å²) in [4.78, 5) is 0. The lowest BCUT2D eigenvalue weighted by atomic mass is 9.68. The molecule has 6 heteroatoms. The molecule has 2 aromatic rings. The maximum atomic E-state index is 10.5. The second-order valence-corrected chi connectivity index (χ2v) is 11.4. The highest BCUT2D eigenvalue weighted by Gasteiger charge is 2.44. The summed E-state index contributed by atoms with van der Waals surface area (Å²) in [7, 11) is 0. The normalized spacial score (nSPS) is 31.2. The molecule has 5 atom stereocenters. The minimum absolute atomic E-state index is 0.448. The quantitative estimate of drug-likeness (QED) is 0.479. The van der Waals surface area contributed by atoms with Crippen LogP contribution in [0.5, 0.6) is 0 Å². The van der Waals surface area contributed by atoms with Gasteiger partial charge >= 0.3 is 0 Å². The molecule has 1 spiro atoms. The molecule has 2 saturated carbocycles. The first-order valence-corrected chi connectivity index (χ1v) is 13.4. The van der Waals surface area contributed by atoms with Crippen LogP contribution in [0.3, 0.4) is 0 Å². The Labute approximate surface area is 212 Å². The Morgan fingerprint density at radius 1 is 0.829 bits per heavy atom. The predicted molar refractivity (Wildman–Crippen MR) is 136 cm³/mol. The van der Waals surface area contributed by atoms with Crippen molar-refractivity contribution in [2.24, 2.45) is 5.41 Å². The summed E-state index contributed by atoms with van der Waals surface area (Å²) in [5.74, 6) is 0.661. The smallest absolute Gasteiger partial charge is 0.113 e. The van der Waals surface area contributed by atoms with Gasteiger partial charge in [-0.25, -0.2) is 0 Å². The zero-order chi connectivity index (χ0) is 24.6.